The fourth-order valence-electron chi connectivity index (χ4n) is 3.47. The van der Waals surface area contributed by atoms with E-state index in [-0.39, 0.29) is 23.8 Å². The molecule has 1 saturated carbocycles. The van der Waals surface area contributed by atoms with Crippen LogP contribution in [-0.2, 0) is 19.1 Å². The van der Waals surface area contributed by atoms with Crippen molar-refractivity contribution >= 4 is 11.9 Å². The lowest BCUT2D eigenvalue weighted by Crippen LogP contribution is -2.27. The molecule has 0 saturated heterocycles. The van der Waals surface area contributed by atoms with Gasteiger partial charge in [0.15, 0.2) is 0 Å². The highest BCUT2D eigenvalue weighted by molar-refractivity contribution is 5.75. The van der Waals surface area contributed by atoms with Gasteiger partial charge in [0.25, 0.3) is 0 Å². The molecule has 0 N–H and O–H groups in total. The van der Waals surface area contributed by atoms with Gasteiger partial charge in [0.2, 0.25) is 0 Å². The van der Waals surface area contributed by atoms with Gasteiger partial charge in [-0.05, 0) is 25.2 Å². The largest absolute Gasteiger partial charge is 0.469 e. The summed E-state index contributed by atoms with van der Waals surface area (Å²) in [4.78, 5) is 23.9. The zero-order valence-electron chi connectivity index (χ0n) is 13.7. The monoisotopic (exact) mass is 298 g/mol. The van der Waals surface area contributed by atoms with E-state index in [4.69, 9.17) is 9.47 Å². The van der Waals surface area contributed by atoms with Crippen molar-refractivity contribution in [1.82, 2.24) is 0 Å². The molecule has 0 aromatic carbocycles. The molecule has 0 bridgehead atoms. The van der Waals surface area contributed by atoms with E-state index in [2.05, 4.69) is 0 Å². The van der Waals surface area contributed by atoms with Crippen molar-refractivity contribution in [3.63, 3.8) is 0 Å². The van der Waals surface area contributed by atoms with Gasteiger partial charge >= 0.3 is 11.9 Å². The first-order valence-electron chi connectivity index (χ1n) is 8.28. The maximum atomic E-state index is 12.1. The minimum atomic E-state index is -0.200. The summed E-state index contributed by atoms with van der Waals surface area (Å²) in [6.07, 6.45) is 9.31. The molecule has 0 aliphatic heterocycles. The van der Waals surface area contributed by atoms with Crippen molar-refractivity contribution in [2.24, 2.45) is 17.8 Å². The second-order valence-electron chi connectivity index (χ2n) is 6.20. The van der Waals surface area contributed by atoms with Crippen LogP contribution in [-0.4, -0.2) is 26.2 Å². The third kappa shape index (κ3) is 6.06. The van der Waals surface area contributed by atoms with E-state index in [0.29, 0.717) is 12.3 Å². The van der Waals surface area contributed by atoms with Gasteiger partial charge in [0.05, 0.1) is 26.1 Å². The van der Waals surface area contributed by atoms with E-state index in [1.165, 1.54) is 46.3 Å². The van der Waals surface area contributed by atoms with Crippen molar-refractivity contribution in [1.29, 1.82) is 0 Å². The van der Waals surface area contributed by atoms with Crippen LogP contribution in [0.15, 0.2) is 0 Å². The molecule has 0 aromatic heterocycles. The van der Waals surface area contributed by atoms with Crippen LogP contribution in [0.3, 0.4) is 0 Å². The quantitative estimate of drug-likeness (QED) is 0.641. The molecule has 0 radical (unpaired) electrons. The van der Waals surface area contributed by atoms with Crippen molar-refractivity contribution in [2.45, 2.75) is 64.7 Å². The predicted octanol–water partition coefficient (Wildman–Crippen LogP) is 3.73. The van der Waals surface area contributed by atoms with Crippen LogP contribution in [0.4, 0.5) is 0 Å². The lowest BCUT2D eigenvalue weighted by atomic mass is 9.79. The average Bonchev–Trinajstić information content (AvgIpc) is 2.53. The zero-order chi connectivity index (χ0) is 15.7. The number of methoxy groups -OCH3 is 2. The fraction of sp³-hybridized carbons (Fsp3) is 0.882. The minimum absolute atomic E-state index is 0.172. The van der Waals surface area contributed by atoms with Crippen LogP contribution < -0.4 is 0 Å². The summed E-state index contributed by atoms with van der Waals surface area (Å²) >= 11 is 0. The Hall–Kier alpha value is -1.06. The van der Waals surface area contributed by atoms with Gasteiger partial charge in [-0.25, -0.2) is 0 Å². The number of carbonyl (C=O) groups excluding carboxylic acids is 2. The van der Waals surface area contributed by atoms with Gasteiger partial charge in [0.1, 0.15) is 0 Å². The Kier molecular flexibility index (Phi) is 8.40. The number of hydrogen-bond acceptors (Lipinski definition) is 4. The molecule has 1 rings (SSSR count). The molecule has 0 unspecified atom stereocenters. The first-order chi connectivity index (χ1) is 10.1. The Balaban J connectivity index is 2.66. The molecule has 1 fully saturated rings. The third-order valence-electron chi connectivity index (χ3n) is 4.62. The Morgan fingerprint density at radius 2 is 1.57 bits per heavy atom. The van der Waals surface area contributed by atoms with Gasteiger partial charge in [0, 0.05) is 0 Å². The predicted molar refractivity (Wildman–Crippen MR) is 81.7 cm³/mol. The Labute approximate surface area is 128 Å². The second kappa shape index (κ2) is 9.80. The second-order valence-corrected chi connectivity index (χ2v) is 6.20. The van der Waals surface area contributed by atoms with Gasteiger partial charge in [-0.15, -0.1) is 0 Å². The molecular formula is C17H30O4. The minimum Gasteiger partial charge on any atom is -0.469 e. The fourth-order valence-corrected chi connectivity index (χ4v) is 3.47. The zero-order valence-corrected chi connectivity index (χ0v) is 13.7. The summed E-state index contributed by atoms with van der Waals surface area (Å²) in [5, 5.41) is 0. The van der Waals surface area contributed by atoms with Gasteiger partial charge in [-0.3, -0.25) is 9.59 Å². The standard InChI is InChI=1S/C17H30O4/c1-4-8-14(16(18)20-2)12-15(17(19)21-3)11-13-9-6-5-7-10-13/h13-15H,4-12H2,1-3H3/t14-,15+/m1/s1. The molecule has 1 aliphatic carbocycles. The third-order valence-corrected chi connectivity index (χ3v) is 4.62. The lowest BCUT2D eigenvalue weighted by molar-refractivity contribution is -0.150. The van der Waals surface area contributed by atoms with Crippen LogP contribution in [0, 0.1) is 17.8 Å². The summed E-state index contributed by atoms with van der Waals surface area (Å²) in [6, 6.07) is 0. The van der Waals surface area contributed by atoms with Crippen molar-refractivity contribution < 1.29 is 19.1 Å². The maximum absolute atomic E-state index is 12.1. The van der Waals surface area contributed by atoms with E-state index in [0.717, 1.165) is 19.3 Å². The van der Waals surface area contributed by atoms with E-state index in [1.54, 1.807) is 0 Å². The molecule has 0 heterocycles. The molecule has 0 spiro atoms. The summed E-state index contributed by atoms with van der Waals surface area (Å²) in [6.45, 7) is 2.05. The lowest BCUT2D eigenvalue weighted by Gasteiger charge is -2.27. The van der Waals surface area contributed by atoms with Crippen LogP contribution in [0.1, 0.15) is 64.7 Å². The molecule has 21 heavy (non-hydrogen) atoms. The summed E-state index contributed by atoms with van der Waals surface area (Å²) in [5.74, 6) is -0.135. The smallest absolute Gasteiger partial charge is 0.308 e. The topological polar surface area (TPSA) is 52.6 Å². The first kappa shape index (κ1) is 18.0. The summed E-state index contributed by atoms with van der Waals surface area (Å²) in [5.41, 5.74) is 0. The highest BCUT2D eigenvalue weighted by atomic mass is 16.5. The van der Waals surface area contributed by atoms with Crippen LogP contribution >= 0.6 is 0 Å². The van der Waals surface area contributed by atoms with Gasteiger partial charge < -0.3 is 9.47 Å². The molecule has 0 amide bonds. The molecule has 122 valence electrons. The van der Waals surface area contributed by atoms with Gasteiger partial charge in [-0.2, -0.15) is 0 Å². The Bertz CT molecular complexity index is 321. The summed E-state index contributed by atoms with van der Waals surface area (Å²) in [7, 11) is 2.85. The molecule has 4 nitrogen and oxygen atoms in total. The van der Waals surface area contributed by atoms with Crippen LogP contribution in [0.25, 0.3) is 0 Å². The van der Waals surface area contributed by atoms with E-state index < -0.39 is 0 Å². The molecule has 1 aliphatic rings. The molecule has 0 aromatic rings. The highest BCUT2D eigenvalue weighted by Crippen LogP contribution is 2.32. The van der Waals surface area contributed by atoms with Crippen molar-refractivity contribution in [3.8, 4) is 0 Å². The Morgan fingerprint density at radius 1 is 1.00 bits per heavy atom. The first-order valence-corrected chi connectivity index (χ1v) is 8.28. The SMILES string of the molecule is CCC[C@H](C[C@H](CC1CCCCC1)C(=O)OC)C(=O)OC. The van der Waals surface area contributed by atoms with Crippen molar-refractivity contribution in [2.75, 3.05) is 14.2 Å². The van der Waals surface area contributed by atoms with Crippen LogP contribution in [0.5, 0.6) is 0 Å². The van der Waals surface area contributed by atoms with E-state index in [1.807, 2.05) is 6.92 Å². The molecule has 4 heteroatoms. The van der Waals surface area contributed by atoms with E-state index >= 15 is 0 Å². The number of carbonyl (C=O) groups is 2. The summed E-state index contributed by atoms with van der Waals surface area (Å²) < 4.78 is 9.83. The number of rotatable bonds is 8. The number of esters is 2. The molecule has 2 atom stereocenters. The van der Waals surface area contributed by atoms with Gasteiger partial charge in [-0.1, -0.05) is 45.4 Å². The Morgan fingerprint density at radius 3 is 2.10 bits per heavy atom. The average molecular weight is 298 g/mol. The maximum Gasteiger partial charge on any atom is 0.308 e. The van der Waals surface area contributed by atoms with Crippen LogP contribution in [0.2, 0.25) is 0 Å². The van der Waals surface area contributed by atoms with Crippen molar-refractivity contribution in [3.05, 3.63) is 0 Å². The molecular weight excluding hydrogens is 268 g/mol. The normalized spacial score (nSPS) is 18.8. The number of hydrogen-bond donors (Lipinski definition) is 0. The van der Waals surface area contributed by atoms with E-state index in [9.17, 15) is 9.59 Å². The highest BCUT2D eigenvalue weighted by Gasteiger charge is 2.30. The number of ether oxygens (including phenoxy) is 2.